The van der Waals surface area contributed by atoms with Crippen molar-refractivity contribution in [3.05, 3.63) is 35.4 Å². The Balaban J connectivity index is 1.79. The number of hydrogen-bond acceptors (Lipinski definition) is 3. The van der Waals surface area contributed by atoms with Gasteiger partial charge in [0.2, 0.25) is 0 Å². The molecule has 0 saturated carbocycles. The Kier molecular flexibility index (Phi) is 4.31. The van der Waals surface area contributed by atoms with Gasteiger partial charge in [0.1, 0.15) is 11.6 Å². The maximum Gasteiger partial charge on any atom is 0.169 e. The van der Waals surface area contributed by atoms with Gasteiger partial charge < -0.3 is 4.74 Å². The molecule has 2 saturated heterocycles. The summed E-state index contributed by atoms with van der Waals surface area (Å²) >= 11 is 1.90. The molecule has 0 N–H and O–H groups in total. The van der Waals surface area contributed by atoms with Gasteiger partial charge in [0.25, 0.3) is 0 Å². The highest BCUT2D eigenvalue weighted by Crippen LogP contribution is 2.40. The van der Waals surface area contributed by atoms with E-state index >= 15 is 0 Å². The van der Waals surface area contributed by atoms with Crippen LogP contribution in [0.3, 0.4) is 0 Å². The van der Waals surface area contributed by atoms with Gasteiger partial charge in [-0.05, 0) is 55.4 Å². The van der Waals surface area contributed by atoms with E-state index in [1.165, 1.54) is 0 Å². The third-order valence-electron chi connectivity index (χ3n) is 4.46. The Labute approximate surface area is 127 Å². The average molecular weight is 312 g/mol. The summed E-state index contributed by atoms with van der Waals surface area (Å²) in [5.74, 6) is 0.313. The van der Waals surface area contributed by atoms with E-state index < -0.39 is 11.6 Å². The minimum Gasteiger partial charge on any atom is -0.375 e. The molecule has 2 fully saturated rings. The standard InChI is InChI=1S/C16H18F2O2S/c17-12-1-2-14(18)13(9-12)15(19)11-3-6-20-16(10-11)4-7-21-8-5-16/h1-2,9,11H,3-8,10H2. The molecule has 0 amide bonds. The van der Waals surface area contributed by atoms with Crippen LogP contribution in [0.15, 0.2) is 18.2 Å². The molecular formula is C16H18F2O2S. The van der Waals surface area contributed by atoms with Crippen LogP contribution in [0.1, 0.15) is 36.0 Å². The van der Waals surface area contributed by atoms with Crippen molar-refractivity contribution in [1.82, 2.24) is 0 Å². The highest BCUT2D eigenvalue weighted by molar-refractivity contribution is 7.99. The van der Waals surface area contributed by atoms with E-state index in [1.807, 2.05) is 11.8 Å². The van der Waals surface area contributed by atoms with Gasteiger partial charge in [-0.15, -0.1) is 0 Å². The molecule has 1 aromatic rings. The molecule has 3 rings (SSSR count). The van der Waals surface area contributed by atoms with Crippen LogP contribution in [0.5, 0.6) is 0 Å². The van der Waals surface area contributed by atoms with Gasteiger partial charge in [-0.1, -0.05) is 0 Å². The van der Waals surface area contributed by atoms with Crippen molar-refractivity contribution in [1.29, 1.82) is 0 Å². The van der Waals surface area contributed by atoms with E-state index in [1.54, 1.807) is 0 Å². The molecule has 0 aliphatic carbocycles. The Morgan fingerprint density at radius 3 is 2.81 bits per heavy atom. The van der Waals surface area contributed by atoms with E-state index in [4.69, 9.17) is 4.74 Å². The fourth-order valence-electron chi connectivity index (χ4n) is 3.25. The fraction of sp³-hybridized carbons (Fsp3) is 0.562. The first-order valence-corrected chi connectivity index (χ1v) is 8.46. The summed E-state index contributed by atoms with van der Waals surface area (Å²) < 4.78 is 33.0. The lowest BCUT2D eigenvalue weighted by atomic mass is 9.78. The van der Waals surface area contributed by atoms with E-state index in [0.29, 0.717) is 19.4 Å². The summed E-state index contributed by atoms with van der Waals surface area (Å²) in [4.78, 5) is 12.5. The van der Waals surface area contributed by atoms with Crippen molar-refractivity contribution in [3.8, 4) is 0 Å². The molecule has 2 nitrogen and oxygen atoms in total. The van der Waals surface area contributed by atoms with Gasteiger partial charge in [0.05, 0.1) is 11.2 Å². The molecule has 5 heteroatoms. The van der Waals surface area contributed by atoms with Crippen molar-refractivity contribution in [2.45, 2.75) is 31.3 Å². The number of thioether (sulfide) groups is 1. The molecule has 1 aromatic carbocycles. The van der Waals surface area contributed by atoms with Crippen molar-refractivity contribution in [3.63, 3.8) is 0 Å². The minimum atomic E-state index is -0.638. The molecule has 0 aromatic heterocycles. The van der Waals surface area contributed by atoms with Crippen LogP contribution in [-0.4, -0.2) is 29.5 Å². The number of ether oxygens (including phenoxy) is 1. The minimum absolute atomic E-state index is 0.123. The third-order valence-corrected chi connectivity index (χ3v) is 5.45. The van der Waals surface area contributed by atoms with Crippen LogP contribution in [-0.2, 0) is 4.74 Å². The monoisotopic (exact) mass is 312 g/mol. The molecule has 1 spiro atoms. The molecule has 114 valence electrons. The first-order chi connectivity index (χ1) is 10.1. The maximum absolute atomic E-state index is 13.8. The second kappa shape index (κ2) is 6.05. The Bertz CT molecular complexity index is 536. The van der Waals surface area contributed by atoms with Crippen LogP contribution in [0.25, 0.3) is 0 Å². The van der Waals surface area contributed by atoms with Crippen LogP contribution in [0.2, 0.25) is 0 Å². The SMILES string of the molecule is O=C(c1cc(F)ccc1F)C1CCOC2(CCSCC2)C1. The lowest BCUT2D eigenvalue weighted by Gasteiger charge is -2.42. The summed E-state index contributed by atoms with van der Waals surface area (Å²) in [6.45, 7) is 0.526. The number of ketones is 1. The summed E-state index contributed by atoms with van der Waals surface area (Å²) in [6.07, 6.45) is 3.09. The number of benzene rings is 1. The predicted octanol–water partition coefficient (Wildman–Crippen LogP) is 3.84. The number of hydrogen-bond donors (Lipinski definition) is 0. The number of rotatable bonds is 2. The Hall–Kier alpha value is -0.940. The van der Waals surface area contributed by atoms with Crippen LogP contribution >= 0.6 is 11.8 Å². The van der Waals surface area contributed by atoms with Crippen LogP contribution in [0.4, 0.5) is 8.78 Å². The number of halogens is 2. The quantitative estimate of drug-likeness (QED) is 0.776. The van der Waals surface area contributed by atoms with Gasteiger partial charge in [-0.2, -0.15) is 11.8 Å². The van der Waals surface area contributed by atoms with Gasteiger partial charge in [0, 0.05) is 12.5 Å². The van der Waals surface area contributed by atoms with Crippen LogP contribution in [0, 0.1) is 17.6 Å². The van der Waals surface area contributed by atoms with E-state index in [0.717, 1.165) is 42.5 Å². The molecular weight excluding hydrogens is 294 g/mol. The highest BCUT2D eigenvalue weighted by atomic mass is 32.2. The third kappa shape index (κ3) is 3.14. The second-order valence-electron chi connectivity index (χ2n) is 5.82. The molecule has 2 aliphatic rings. The smallest absolute Gasteiger partial charge is 0.169 e. The molecule has 2 aliphatic heterocycles. The molecule has 0 radical (unpaired) electrons. The van der Waals surface area contributed by atoms with E-state index in [2.05, 4.69) is 0 Å². The fourth-order valence-corrected chi connectivity index (χ4v) is 4.49. The topological polar surface area (TPSA) is 26.3 Å². The zero-order valence-electron chi connectivity index (χ0n) is 11.7. The highest BCUT2D eigenvalue weighted by Gasteiger charge is 2.41. The maximum atomic E-state index is 13.8. The first-order valence-electron chi connectivity index (χ1n) is 7.31. The lowest BCUT2D eigenvalue weighted by Crippen LogP contribution is -2.44. The summed E-state index contributed by atoms with van der Waals surface area (Å²) in [6, 6.07) is 3.07. The average Bonchev–Trinajstić information content (AvgIpc) is 2.50. The molecule has 1 atom stereocenters. The zero-order chi connectivity index (χ0) is 14.9. The zero-order valence-corrected chi connectivity index (χ0v) is 12.6. The molecule has 21 heavy (non-hydrogen) atoms. The first kappa shape index (κ1) is 15.0. The van der Waals surface area contributed by atoms with Crippen molar-refractivity contribution < 1.29 is 18.3 Å². The van der Waals surface area contributed by atoms with Gasteiger partial charge >= 0.3 is 0 Å². The normalized spacial score (nSPS) is 25.0. The van der Waals surface area contributed by atoms with Gasteiger partial charge in [-0.25, -0.2) is 8.78 Å². The van der Waals surface area contributed by atoms with Crippen molar-refractivity contribution in [2.75, 3.05) is 18.1 Å². The largest absolute Gasteiger partial charge is 0.375 e. The molecule has 1 unspecified atom stereocenters. The second-order valence-corrected chi connectivity index (χ2v) is 7.05. The lowest BCUT2D eigenvalue weighted by molar-refractivity contribution is -0.0960. The van der Waals surface area contributed by atoms with E-state index in [9.17, 15) is 13.6 Å². The number of carbonyl (C=O) groups is 1. The van der Waals surface area contributed by atoms with E-state index in [-0.39, 0.29) is 22.9 Å². The Morgan fingerprint density at radius 2 is 2.05 bits per heavy atom. The van der Waals surface area contributed by atoms with Crippen LogP contribution < -0.4 is 0 Å². The molecule has 0 bridgehead atoms. The summed E-state index contributed by atoms with van der Waals surface area (Å²) in [5.41, 5.74) is -0.351. The van der Waals surface area contributed by atoms with Crippen molar-refractivity contribution in [2.24, 2.45) is 5.92 Å². The number of carbonyl (C=O) groups excluding carboxylic acids is 1. The summed E-state index contributed by atoms with van der Waals surface area (Å²) in [7, 11) is 0. The predicted molar refractivity (Wildman–Crippen MR) is 78.7 cm³/mol. The Morgan fingerprint density at radius 1 is 1.29 bits per heavy atom. The van der Waals surface area contributed by atoms with Gasteiger partial charge in [0.15, 0.2) is 5.78 Å². The van der Waals surface area contributed by atoms with Crippen molar-refractivity contribution >= 4 is 17.5 Å². The van der Waals surface area contributed by atoms with Gasteiger partial charge in [-0.3, -0.25) is 4.79 Å². The summed E-state index contributed by atoms with van der Waals surface area (Å²) in [5, 5.41) is 0. The number of Topliss-reactive ketones (excluding diaryl/α,β-unsaturated/α-hetero) is 1. The molecule has 2 heterocycles.